The monoisotopic (exact) mass is 240 g/mol. The highest BCUT2D eigenvalue weighted by Crippen LogP contribution is 2.32. The van der Waals surface area contributed by atoms with Crippen molar-refractivity contribution in [3.63, 3.8) is 0 Å². The van der Waals surface area contributed by atoms with Gasteiger partial charge in [0.25, 0.3) is 0 Å². The van der Waals surface area contributed by atoms with E-state index in [1.807, 2.05) is 0 Å². The molecule has 1 N–H and O–H groups in total. The summed E-state index contributed by atoms with van der Waals surface area (Å²) >= 11 is 0. The van der Waals surface area contributed by atoms with Crippen LogP contribution in [0.4, 0.5) is 0 Å². The van der Waals surface area contributed by atoms with Crippen molar-refractivity contribution in [2.24, 2.45) is 11.8 Å². The van der Waals surface area contributed by atoms with E-state index in [1.165, 1.54) is 44.9 Å². The Morgan fingerprint density at radius 2 is 1.59 bits per heavy atom. The lowest BCUT2D eigenvalue weighted by Gasteiger charge is -2.25. The molecule has 0 heterocycles. The molecule has 17 heavy (non-hydrogen) atoms. The number of hydrogen-bond acceptors (Lipinski definition) is 1. The van der Waals surface area contributed by atoms with Crippen molar-refractivity contribution in [3.05, 3.63) is 0 Å². The van der Waals surface area contributed by atoms with E-state index in [9.17, 15) is 4.79 Å². The van der Waals surface area contributed by atoms with Crippen LogP contribution in [0.5, 0.6) is 0 Å². The van der Waals surface area contributed by atoms with Crippen molar-refractivity contribution in [1.82, 2.24) is 0 Å². The number of rotatable bonds is 8. The van der Waals surface area contributed by atoms with Gasteiger partial charge in [0.15, 0.2) is 0 Å². The Balaban J connectivity index is 1.97. The predicted octanol–water partition coefficient (Wildman–Crippen LogP) is 4.63. The second-order valence-corrected chi connectivity index (χ2v) is 5.61. The fourth-order valence-electron chi connectivity index (χ4n) is 2.91. The largest absolute Gasteiger partial charge is 0.481 e. The molecule has 1 rings (SSSR count). The summed E-state index contributed by atoms with van der Waals surface area (Å²) in [6, 6.07) is 0. The van der Waals surface area contributed by atoms with E-state index in [0.29, 0.717) is 0 Å². The van der Waals surface area contributed by atoms with Gasteiger partial charge in [0.1, 0.15) is 0 Å². The first-order chi connectivity index (χ1) is 8.24. The minimum atomic E-state index is -0.581. The lowest BCUT2D eigenvalue weighted by Crippen LogP contribution is -2.21. The van der Waals surface area contributed by atoms with Crippen LogP contribution in [0, 0.1) is 11.8 Å². The number of carboxylic acid groups (broad SMARTS) is 1. The molecule has 1 aliphatic rings. The third-order valence-corrected chi connectivity index (χ3v) is 4.16. The van der Waals surface area contributed by atoms with Crippen LogP contribution in [0.1, 0.15) is 77.6 Å². The Morgan fingerprint density at radius 1 is 1.00 bits per heavy atom. The van der Waals surface area contributed by atoms with Gasteiger partial charge < -0.3 is 5.11 Å². The molecule has 1 saturated carbocycles. The Hall–Kier alpha value is -0.530. The van der Waals surface area contributed by atoms with Crippen LogP contribution in [0.25, 0.3) is 0 Å². The van der Waals surface area contributed by atoms with E-state index in [-0.39, 0.29) is 5.92 Å². The average Bonchev–Trinajstić information content (AvgIpc) is 2.34. The Morgan fingerprint density at radius 3 is 2.18 bits per heavy atom. The van der Waals surface area contributed by atoms with Crippen molar-refractivity contribution in [1.29, 1.82) is 0 Å². The first-order valence-electron chi connectivity index (χ1n) is 7.46. The van der Waals surface area contributed by atoms with Gasteiger partial charge in [-0.15, -0.1) is 0 Å². The third kappa shape index (κ3) is 6.09. The molecular weight excluding hydrogens is 212 g/mol. The zero-order chi connectivity index (χ0) is 12.5. The van der Waals surface area contributed by atoms with Gasteiger partial charge >= 0.3 is 5.97 Å². The van der Waals surface area contributed by atoms with Crippen molar-refractivity contribution in [3.8, 4) is 0 Å². The highest BCUT2D eigenvalue weighted by atomic mass is 16.4. The van der Waals surface area contributed by atoms with Crippen molar-refractivity contribution in [2.45, 2.75) is 77.6 Å². The summed E-state index contributed by atoms with van der Waals surface area (Å²) in [6.45, 7) is 2.25. The van der Waals surface area contributed by atoms with Crippen molar-refractivity contribution < 1.29 is 9.90 Å². The van der Waals surface area contributed by atoms with Gasteiger partial charge in [-0.05, 0) is 31.6 Å². The smallest absolute Gasteiger partial charge is 0.306 e. The van der Waals surface area contributed by atoms with Gasteiger partial charge in [0, 0.05) is 0 Å². The highest BCUT2D eigenvalue weighted by molar-refractivity contribution is 5.69. The van der Waals surface area contributed by atoms with Crippen LogP contribution in [-0.2, 0) is 4.79 Å². The minimum Gasteiger partial charge on any atom is -0.481 e. The zero-order valence-corrected chi connectivity index (χ0v) is 11.3. The molecule has 2 heteroatoms. The predicted molar refractivity (Wildman–Crippen MR) is 71.1 cm³/mol. The Labute approximate surface area is 106 Å². The molecule has 1 fully saturated rings. The van der Waals surface area contributed by atoms with E-state index in [1.54, 1.807) is 0 Å². The second-order valence-electron chi connectivity index (χ2n) is 5.61. The maximum absolute atomic E-state index is 10.8. The summed E-state index contributed by atoms with van der Waals surface area (Å²) in [4.78, 5) is 10.8. The summed E-state index contributed by atoms with van der Waals surface area (Å²) in [7, 11) is 0. The van der Waals surface area contributed by atoms with E-state index in [0.717, 1.165) is 31.6 Å². The van der Waals surface area contributed by atoms with E-state index in [2.05, 4.69) is 6.92 Å². The molecule has 0 aromatic heterocycles. The maximum atomic E-state index is 10.8. The summed E-state index contributed by atoms with van der Waals surface area (Å²) in [6.07, 6.45) is 13.6. The van der Waals surface area contributed by atoms with E-state index >= 15 is 0 Å². The molecule has 0 aliphatic heterocycles. The SMILES string of the molecule is CCCCCCCC[C@H]1CC[C@@H](C(=O)O)CC1. The molecule has 0 saturated heterocycles. The summed E-state index contributed by atoms with van der Waals surface area (Å²) in [5.41, 5.74) is 0. The normalized spacial score (nSPS) is 24.8. The number of unbranched alkanes of at least 4 members (excludes halogenated alkanes) is 5. The fourth-order valence-corrected chi connectivity index (χ4v) is 2.91. The average molecular weight is 240 g/mol. The van der Waals surface area contributed by atoms with E-state index in [4.69, 9.17) is 5.11 Å². The Bertz CT molecular complexity index is 205. The van der Waals surface area contributed by atoms with Gasteiger partial charge in [-0.3, -0.25) is 4.79 Å². The van der Waals surface area contributed by atoms with Crippen molar-refractivity contribution >= 4 is 5.97 Å². The molecular formula is C15H28O2. The third-order valence-electron chi connectivity index (χ3n) is 4.16. The van der Waals surface area contributed by atoms with Gasteiger partial charge in [0.05, 0.1) is 5.92 Å². The van der Waals surface area contributed by atoms with Crippen LogP contribution in [0.2, 0.25) is 0 Å². The lowest BCUT2D eigenvalue weighted by atomic mass is 9.80. The number of hydrogen-bond donors (Lipinski definition) is 1. The molecule has 100 valence electrons. The van der Waals surface area contributed by atoms with Gasteiger partial charge in [-0.1, -0.05) is 51.9 Å². The van der Waals surface area contributed by atoms with Crippen LogP contribution >= 0.6 is 0 Å². The molecule has 0 radical (unpaired) electrons. The van der Waals surface area contributed by atoms with Crippen LogP contribution in [0.3, 0.4) is 0 Å². The molecule has 0 amide bonds. The molecule has 0 atom stereocenters. The van der Waals surface area contributed by atoms with Crippen LogP contribution in [0.15, 0.2) is 0 Å². The second kappa shape index (κ2) is 8.54. The molecule has 0 bridgehead atoms. The standard InChI is InChI=1S/C15H28O2/c1-2-3-4-5-6-7-8-13-9-11-14(12-10-13)15(16)17/h13-14H,2-12H2,1H3,(H,16,17)/t13-,14+. The lowest BCUT2D eigenvalue weighted by molar-refractivity contribution is -0.143. The zero-order valence-electron chi connectivity index (χ0n) is 11.3. The number of carbonyl (C=O) groups is 1. The molecule has 0 unspecified atom stereocenters. The summed E-state index contributed by atoms with van der Waals surface area (Å²) in [5, 5.41) is 8.92. The maximum Gasteiger partial charge on any atom is 0.306 e. The van der Waals surface area contributed by atoms with Crippen molar-refractivity contribution in [2.75, 3.05) is 0 Å². The number of aliphatic carboxylic acids is 1. The highest BCUT2D eigenvalue weighted by Gasteiger charge is 2.25. The van der Waals surface area contributed by atoms with Crippen LogP contribution in [-0.4, -0.2) is 11.1 Å². The quantitative estimate of drug-likeness (QED) is 0.628. The van der Waals surface area contributed by atoms with E-state index < -0.39 is 5.97 Å². The van der Waals surface area contributed by atoms with Gasteiger partial charge in [-0.2, -0.15) is 0 Å². The van der Waals surface area contributed by atoms with Gasteiger partial charge in [-0.25, -0.2) is 0 Å². The van der Waals surface area contributed by atoms with Crippen LogP contribution < -0.4 is 0 Å². The first-order valence-corrected chi connectivity index (χ1v) is 7.46. The molecule has 0 spiro atoms. The summed E-state index contributed by atoms with van der Waals surface area (Å²) in [5.74, 6) is 0.190. The first kappa shape index (κ1) is 14.5. The van der Waals surface area contributed by atoms with Gasteiger partial charge in [0.2, 0.25) is 0 Å². The molecule has 1 aliphatic carbocycles. The molecule has 0 aromatic rings. The molecule has 0 aromatic carbocycles. The molecule has 2 nitrogen and oxygen atoms in total. The minimum absolute atomic E-state index is 0.0456. The Kier molecular flexibility index (Phi) is 7.30. The summed E-state index contributed by atoms with van der Waals surface area (Å²) < 4.78 is 0. The number of carboxylic acids is 1. The topological polar surface area (TPSA) is 37.3 Å². The fraction of sp³-hybridized carbons (Fsp3) is 0.933.